The van der Waals surface area contributed by atoms with E-state index in [1.807, 2.05) is 6.92 Å². The van der Waals surface area contributed by atoms with Gasteiger partial charge in [-0.25, -0.2) is 9.59 Å². The first kappa shape index (κ1) is 16.7. The summed E-state index contributed by atoms with van der Waals surface area (Å²) in [5.74, 6) is -0.607. The Balaban J connectivity index is 2.62. The summed E-state index contributed by atoms with van der Waals surface area (Å²) in [5.41, 5.74) is 1.61. The lowest BCUT2D eigenvalue weighted by atomic mass is 10.0. The maximum Gasteiger partial charge on any atom is 0.508 e. The quantitative estimate of drug-likeness (QED) is 0.456. The van der Waals surface area contributed by atoms with Gasteiger partial charge in [0, 0.05) is 12.0 Å². The van der Waals surface area contributed by atoms with Crippen LogP contribution in [-0.4, -0.2) is 38.2 Å². The van der Waals surface area contributed by atoms with Gasteiger partial charge in [-0.2, -0.15) is 0 Å². The highest BCUT2D eigenvalue weighted by atomic mass is 16.7. The van der Waals surface area contributed by atoms with Crippen LogP contribution in [0.4, 0.5) is 4.79 Å². The van der Waals surface area contributed by atoms with Crippen LogP contribution in [0.5, 0.6) is 0 Å². The maximum absolute atomic E-state index is 11.8. The third-order valence-corrected chi connectivity index (χ3v) is 2.80. The molecule has 1 aromatic rings. The number of carbonyl (C=O) groups excluding carboxylic acids is 3. The molecule has 6 nitrogen and oxygen atoms in total. The van der Waals surface area contributed by atoms with Crippen LogP contribution in [0.15, 0.2) is 18.2 Å². The third kappa shape index (κ3) is 4.91. The molecule has 0 aliphatic heterocycles. The molecule has 6 heteroatoms. The molecule has 0 atom stereocenters. The lowest BCUT2D eigenvalue weighted by Crippen LogP contribution is -2.14. The summed E-state index contributed by atoms with van der Waals surface area (Å²) in [4.78, 5) is 34.3. The van der Waals surface area contributed by atoms with Crippen molar-refractivity contribution in [2.75, 3.05) is 20.3 Å². The average molecular weight is 294 g/mol. The normalized spacial score (nSPS) is 9.86. The Bertz CT molecular complexity index is 535. The fraction of sp³-hybridized carbons (Fsp3) is 0.400. The number of ketones is 1. The molecule has 0 spiro atoms. The molecule has 0 amide bonds. The van der Waals surface area contributed by atoms with Gasteiger partial charge in [-0.1, -0.05) is 13.0 Å². The van der Waals surface area contributed by atoms with Crippen LogP contribution in [0.1, 0.15) is 39.6 Å². The highest BCUT2D eigenvalue weighted by Crippen LogP contribution is 2.14. The lowest BCUT2D eigenvalue weighted by Gasteiger charge is -2.08. The minimum absolute atomic E-state index is 0.0313. The zero-order valence-corrected chi connectivity index (χ0v) is 12.3. The molecule has 0 heterocycles. The first-order valence-corrected chi connectivity index (χ1v) is 6.51. The van der Waals surface area contributed by atoms with Crippen molar-refractivity contribution >= 4 is 17.9 Å². The highest BCUT2D eigenvalue weighted by Gasteiger charge is 2.13. The van der Waals surface area contributed by atoms with Gasteiger partial charge in [0.25, 0.3) is 0 Å². The topological polar surface area (TPSA) is 78.9 Å². The average Bonchev–Trinajstić information content (AvgIpc) is 2.50. The summed E-state index contributed by atoms with van der Waals surface area (Å²) in [6.45, 7) is 3.39. The van der Waals surface area contributed by atoms with E-state index in [-0.39, 0.29) is 24.6 Å². The monoisotopic (exact) mass is 294 g/mol. The van der Waals surface area contributed by atoms with Gasteiger partial charge in [0.15, 0.2) is 5.78 Å². The summed E-state index contributed by atoms with van der Waals surface area (Å²) in [5, 5.41) is 0. The smallest absolute Gasteiger partial charge is 0.458 e. The van der Waals surface area contributed by atoms with Crippen LogP contribution in [0, 0.1) is 6.92 Å². The van der Waals surface area contributed by atoms with E-state index in [0.29, 0.717) is 12.0 Å². The molecule has 0 aromatic heterocycles. The second kappa shape index (κ2) is 8.04. The van der Waals surface area contributed by atoms with E-state index in [2.05, 4.69) is 9.47 Å². The lowest BCUT2D eigenvalue weighted by molar-refractivity contribution is 0.0287. The molecule has 0 bridgehead atoms. The third-order valence-electron chi connectivity index (χ3n) is 2.80. The minimum atomic E-state index is -0.836. The van der Waals surface area contributed by atoms with Crippen LogP contribution in [-0.2, 0) is 14.2 Å². The number of hydrogen-bond donors (Lipinski definition) is 0. The molecule has 1 rings (SSSR count). The minimum Gasteiger partial charge on any atom is -0.458 e. The summed E-state index contributed by atoms with van der Waals surface area (Å²) >= 11 is 0. The van der Waals surface area contributed by atoms with E-state index in [9.17, 15) is 14.4 Å². The van der Waals surface area contributed by atoms with E-state index >= 15 is 0 Å². The van der Waals surface area contributed by atoms with Crippen LogP contribution < -0.4 is 0 Å². The van der Waals surface area contributed by atoms with Gasteiger partial charge in [0.05, 0.1) is 12.7 Å². The van der Waals surface area contributed by atoms with Gasteiger partial charge < -0.3 is 14.2 Å². The van der Waals surface area contributed by atoms with Crippen molar-refractivity contribution in [3.05, 3.63) is 34.9 Å². The maximum atomic E-state index is 11.8. The van der Waals surface area contributed by atoms with E-state index < -0.39 is 12.1 Å². The predicted molar refractivity (Wildman–Crippen MR) is 74.4 cm³/mol. The Morgan fingerprint density at radius 2 is 1.76 bits per heavy atom. The van der Waals surface area contributed by atoms with E-state index in [1.165, 1.54) is 13.2 Å². The Hall–Kier alpha value is -2.37. The van der Waals surface area contributed by atoms with Gasteiger partial charge in [-0.05, 0) is 24.6 Å². The molecular weight excluding hydrogens is 276 g/mol. The van der Waals surface area contributed by atoms with Gasteiger partial charge >= 0.3 is 12.1 Å². The predicted octanol–water partition coefficient (Wildman–Crippen LogP) is 2.53. The second-order valence-corrected chi connectivity index (χ2v) is 4.24. The Labute approximate surface area is 123 Å². The van der Waals surface area contributed by atoms with Gasteiger partial charge in [-0.3, -0.25) is 4.79 Å². The fourth-order valence-corrected chi connectivity index (χ4v) is 1.64. The molecular formula is C15H18O6. The number of ether oxygens (including phenoxy) is 3. The van der Waals surface area contributed by atoms with Gasteiger partial charge in [0.2, 0.25) is 0 Å². The molecule has 0 saturated carbocycles. The van der Waals surface area contributed by atoms with E-state index in [4.69, 9.17) is 4.74 Å². The molecule has 0 fully saturated rings. The SMILES string of the molecule is CCC(=O)c1cc(C(=O)OCCOC(=O)OC)ccc1C. The molecule has 1 aromatic carbocycles. The van der Waals surface area contributed by atoms with Crippen molar-refractivity contribution in [3.63, 3.8) is 0 Å². The number of aryl methyl sites for hydroxylation is 1. The first-order valence-electron chi connectivity index (χ1n) is 6.51. The Morgan fingerprint density at radius 1 is 1.10 bits per heavy atom. The second-order valence-electron chi connectivity index (χ2n) is 4.24. The van der Waals surface area contributed by atoms with Crippen molar-refractivity contribution in [1.82, 2.24) is 0 Å². The summed E-state index contributed by atoms with van der Waals surface area (Å²) in [6, 6.07) is 4.81. The van der Waals surface area contributed by atoms with E-state index in [1.54, 1.807) is 19.1 Å². The molecule has 0 unspecified atom stereocenters. The Kier molecular flexibility index (Phi) is 6.39. The number of hydrogen-bond acceptors (Lipinski definition) is 6. The number of rotatable bonds is 6. The molecule has 0 aliphatic rings. The van der Waals surface area contributed by atoms with Crippen LogP contribution in [0.3, 0.4) is 0 Å². The van der Waals surface area contributed by atoms with Gasteiger partial charge in [-0.15, -0.1) is 0 Å². The van der Waals surface area contributed by atoms with Crippen molar-refractivity contribution < 1.29 is 28.6 Å². The first-order chi connectivity index (χ1) is 9.99. The molecule has 0 aliphatic carbocycles. The number of Topliss-reactive ketones (excluding diaryl/α,β-unsaturated/α-hetero) is 1. The van der Waals surface area contributed by atoms with Crippen molar-refractivity contribution in [2.24, 2.45) is 0 Å². The Morgan fingerprint density at radius 3 is 2.38 bits per heavy atom. The number of methoxy groups -OCH3 is 1. The van der Waals surface area contributed by atoms with Crippen molar-refractivity contribution in [2.45, 2.75) is 20.3 Å². The van der Waals surface area contributed by atoms with Crippen LogP contribution in [0.2, 0.25) is 0 Å². The van der Waals surface area contributed by atoms with Crippen LogP contribution >= 0.6 is 0 Å². The summed E-state index contributed by atoms with van der Waals surface area (Å²) in [7, 11) is 1.19. The zero-order valence-electron chi connectivity index (χ0n) is 12.3. The largest absolute Gasteiger partial charge is 0.508 e. The number of esters is 1. The summed E-state index contributed by atoms with van der Waals surface area (Å²) in [6.07, 6.45) is -0.469. The molecule has 0 saturated heterocycles. The van der Waals surface area contributed by atoms with Crippen molar-refractivity contribution in [3.8, 4) is 0 Å². The van der Waals surface area contributed by atoms with Crippen molar-refractivity contribution in [1.29, 1.82) is 0 Å². The molecule has 0 N–H and O–H groups in total. The number of carbonyl (C=O) groups is 3. The standard InChI is InChI=1S/C15H18O6/c1-4-13(16)12-9-11(6-5-10(12)2)14(17)20-7-8-21-15(18)19-3/h5-6,9H,4,7-8H2,1-3H3. The molecule has 0 radical (unpaired) electrons. The van der Waals surface area contributed by atoms with Crippen LogP contribution in [0.25, 0.3) is 0 Å². The van der Waals surface area contributed by atoms with Gasteiger partial charge in [0.1, 0.15) is 13.2 Å². The number of benzene rings is 1. The molecule has 21 heavy (non-hydrogen) atoms. The summed E-state index contributed by atoms with van der Waals surface area (Å²) < 4.78 is 13.8. The zero-order chi connectivity index (χ0) is 15.8. The molecule has 114 valence electrons. The fourth-order valence-electron chi connectivity index (χ4n) is 1.64. The highest BCUT2D eigenvalue weighted by molar-refractivity contribution is 6.00. The van der Waals surface area contributed by atoms with E-state index in [0.717, 1.165) is 5.56 Å².